The van der Waals surface area contributed by atoms with Crippen LogP contribution in [-0.2, 0) is 56.0 Å². The number of carboxylic acids is 1. The number of benzene rings is 2. The van der Waals surface area contributed by atoms with Crippen molar-refractivity contribution in [2.75, 3.05) is 40.3 Å². The Morgan fingerprint density at radius 1 is 0.671 bits per heavy atom. The molecule has 0 bridgehead atoms. The molecule has 25 nitrogen and oxygen atoms in total. The first-order valence-electron chi connectivity index (χ1n) is 23.9. The lowest BCUT2D eigenvalue weighted by molar-refractivity contribution is -0.142. The number of rotatable bonds is 33. The van der Waals surface area contributed by atoms with Gasteiger partial charge >= 0.3 is 5.97 Å². The standard InChI is InChI=1S/C48H71N15O10/c1-29(65)57-27-41(67)60-36(19-20-40(66)54-21-11-18-37(46(72)73)62-44(70)38(52-2)25-31-26-58-34-16-8-7-15-33(31)34)43(69)61-35(17-10-22-55-47(49)50)42(68)63-39(24-30-12-5-4-6-13-30)45(71)59-32(28-64)14-9-23-56-48(51)53-3/h4-8,12-13,15-16,26,28,32,35-39,52,58H,9-11,14,17-25,27H2,1-3H3,(H,54,66)(H,57,65)(H,59,71)(H,60,67)(H,61,69)(H,62,70)(H,63,68)(H,72,73)(H4,49,50,55)(H3,51,53,56)/t32-,35-,36?,37?,38-,39?/m0/s1. The molecule has 1 heterocycles. The number of nitrogens with one attached hydrogen (secondary N) is 10. The number of aromatic nitrogens is 1. The number of carbonyl (C=O) groups excluding carboxylic acids is 8. The van der Waals surface area contributed by atoms with Crippen LogP contribution in [0.4, 0.5) is 0 Å². The van der Waals surface area contributed by atoms with Crippen LogP contribution in [0.5, 0.6) is 0 Å². The molecule has 0 saturated heterocycles. The smallest absolute Gasteiger partial charge is 0.326 e. The predicted molar refractivity (Wildman–Crippen MR) is 273 cm³/mol. The Labute approximate surface area is 423 Å². The minimum absolute atomic E-state index is 0.000994. The summed E-state index contributed by atoms with van der Waals surface area (Å²) < 4.78 is 0. The van der Waals surface area contributed by atoms with E-state index in [1.54, 1.807) is 43.6 Å². The van der Waals surface area contributed by atoms with Gasteiger partial charge in [-0.05, 0) is 75.6 Å². The number of nitrogens with two attached hydrogens (primary N) is 3. The van der Waals surface area contributed by atoms with E-state index in [1.165, 1.54) is 14.0 Å². The summed E-state index contributed by atoms with van der Waals surface area (Å²) >= 11 is 0. The molecule has 0 aliphatic rings. The normalized spacial score (nSPS) is 13.6. The molecule has 0 spiro atoms. The van der Waals surface area contributed by atoms with Crippen molar-refractivity contribution in [3.05, 3.63) is 71.9 Å². The lowest BCUT2D eigenvalue weighted by atomic mass is 10.0. The maximum absolute atomic E-state index is 14.2. The second-order valence-electron chi connectivity index (χ2n) is 17.1. The van der Waals surface area contributed by atoms with Gasteiger partial charge in [0.05, 0.1) is 18.6 Å². The van der Waals surface area contributed by atoms with Gasteiger partial charge in [-0.2, -0.15) is 0 Å². The number of amides is 7. The van der Waals surface area contributed by atoms with E-state index in [9.17, 15) is 48.3 Å². The third kappa shape index (κ3) is 22.3. The fraction of sp³-hybridized carbons (Fsp3) is 0.479. The Balaban J connectivity index is 1.71. The average Bonchev–Trinajstić information content (AvgIpc) is 3.78. The molecule has 3 aromatic rings. The van der Waals surface area contributed by atoms with Crippen molar-refractivity contribution in [3.63, 3.8) is 0 Å². The fourth-order valence-electron chi connectivity index (χ4n) is 7.44. The van der Waals surface area contributed by atoms with Crippen molar-refractivity contribution in [1.82, 2.24) is 52.8 Å². The number of hydrogen-bond donors (Lipinski definition) is 14. The van der Waals surface area contributed by atoms with E-state index in [2.05, 4.69) is 62.8 Å². The first kappa shape index (κ1) is 59.2. The number of carboxylic acid groups (broad SMARTS) is 1. The third-order valence-corrected chi connectivity index (χ3v) is 11.4. The number of H-pyrrole nitrogens is 1. The number of aromatic amines is 1. The topological polar surface area (TPSA) is 401 Å². The Kier molecular flexibility index (Phi) is 26.0. The monoisotopic (exact) mass is 1020 g/mol. The Morgan fingerprint density at radius 2 is 1.27 bits per heavy atom. The van der Waals surface area contributed by atoms with E-state index in [0.29, 0.717) is 31.2 Å². The summed E-state index contributed by atoms with van der Waals surface area (Å²) in [5.74, 6) is -6.03. The molecule has 0 saturated carbocycles. The van der Waals surface area contributed by atoms with E-state index < -0.39 is 90.1 Å². The lowest BCUT2D eigenvalue weighted by Gasteiger charge is -2.26. The number of aldehydes is 1. The van der Waals surface area contributed by atoms with E-state index in [1.807, 2.05) is 24.3 Å². The zero-order chi connectivity index (χ0) is 53.7. The van der Waals surface area contributed by atoms with Crippen molar-refractivity contribution < 1.29 is 48.3 Å². The van der Waals surface area contributed by atoms with E-state index in [-0.39, 0.29) is 76.4 Å². The number of aliphatic carboxylic acids is 1. The average molecular weight is 1020 g/mol. The summed E-state index contributed by atoms with van der Waals surface area (Å²) in [5, 5.41) is 34.7. The molecular weight excluding hydrogens is 947 g/mol. The number of aliphatic imine (C=N–C) groups is 2. The molecule has 6 atom stereocenters. The molecule has 398 valence electrons. The summed E-state index contributed by atoms with van der Waals surface area (Å²) in [6.07, 6.45) is 2.92. The summed E-state index contributed by atoms with van der Waals surface area (Å²) in [4.78, 5) is 128. The summed E-state index contributed by atoms with van der Waals surface area (Å²) in [7, 11) is 3.11. The van der Waals surface area contributed by atoms with E-state index in [4.69, 9.17) is 17.2 Å². The Morgan fingerprint density at radius 3 is 1.93 bits per heavy atom. The van der Waals surface area contributed by atoms with Crippen LogP contribution in [0, 0.1) is 0 Å². The van der Waals surface area contributed by atoms with Gasteiger partial charge in [-0.25, -0.2) is 4.79 Å². The molecule has 17 N–H and O–H groups in total. The van der Waals surface area contributed by atoms with Crippen LogP contribution in [0.15, 0.2) is 70.8 Å². The van der Waals surface area contributed by atoms with Crippen LogP contribution in [0.1, 0.15) is 69.4 Å². The van der Waals surface area contributed by atoms with Crippen molar-refractivity contribution in [1.29, 1.82) is 0 Å². The highest BCUT2D eigenvalue weighted by molar-refractivity contribution is 5.96. The summed E-state index contributed by atoms with van der Waals surface area (Å²) in [5.41, 5.74) is 19.1. The van der Waals surface area contributed by atoms with Gasteiger partial charge in [0, 0.05) is 63.5 Å². The van der Waals surface area contributed by atoms with Crippen molar-refractivity contribution in [3.8, 4) is 0 Å². The maximum Gasteiger partial charge on any atom is 0.326 e. The summed E-state index contributed by atoms with van der Waals surface area (Å²) in [6.45, 7) is 1.11. The molecule has 1 aromatic heterocycles. The first-order valence-corrected chi connectivity index (χ1v) is 23.9. The largest absolute Gasteiger partial charge is 0.480 e. The third-order valence-electron chi connectivity index (χ3n) is 11.4. The first-order chi connectivity index (χ1) is 34.9. The van der Waals surface area contributed by atoms with E-state index in [0.717, 1.165) is 16.5 Å². The second kappa shape index (κ2) is 32.0. The number of para-hydroxylation sites is 1. The SMILES string of the molecule is CN=C(N)NCCC[C@@H](C=O)NC(=O)C(Cc1ccccc1)NC(=O)[C@H](CCCN=C(N)N)NC(=O)C(CCC(=O)NCCCC(NC(=O)[C@H](Cc1c[nH]c2ccccc12)NC)C(=O)O)NC(=O)CNC(C)=O. The fourth-order valence-corrected chi connectivity index (χ4v) is 7.44. The van der Waals surface area contributed by atoms with Crippen LogP contribution in [-0.4, -0.2) is 152 Å². The minimum atomic E-state index is -1.43. The zero-order valence-electron chi connectivity index (χ0n) is 41.5. The van der Waals surface area contributed by atoms with Crippen LogP contribution in [0.25, 0.3) is 10.9 Å². The van der Waals surface area contributed by atoms with Gasteiger partial charge in [0.15, 0.2) is 11.9 Å². The number of guanidine groups is 2. The van der Waals surface area contributed by atoms with Gasteiger partial charge in [-0.1, -0.05) is 48.5 Å². The van der Waals surface area contributed by atoms with Crippen molar-refractivity contribution in [2.24, 2.45) is 27.2 Å². The molecule has 0 aliphatic heterocycles. The predicted octanol–water partition coefficient (Wildman–Crippen LogP) is -2.57. The molecule has 3 unspecified atom stereocenters. The zero-order valence-corrected chi connectivity index (χ0v) is 41.5. The molecule has 7 amide bonds. The molecule has 0 radical (unpaired) electrons. The number of carbonyl (C=O) groups is 9. The second-order valence-corrected chi connectivity index (χ2v) is 17.1. The number of likely N-dealkylation sites (N-methyl/N-ethyl adjacent to an activating group) is 1. The molecular formula is C48H71N15O10. The number of hydrogen-bond acceptors (Lipinski definition) is 12. The Bertz CT molecular complexity index is 2370. The van der Waals surface area contributed by atoms with Gasteiger partial charge in [0.2, 0.25) is 41.4 Å². The molecule has 25 heteroatoms. The van der Waals surface area contributed by atoms with Crippen LogP contribution in [0.2, 0.25) is 0 Å². The quantitative estimate of drug-likeness (QED) is 0.0129. The van der Waals surface area contributed by atoms with Crippen molar-refractivity contribution >= 4 is 76.4 Å². The summed E-state index contributed by atoms with van der Waals surface area (Å²) in [6, 6.07) is 9.39. The molecule has 0 aliphatic carbocycles. The van der Waals surface area contributed by atoms with Crippen LogP contribution >= 0.6 is 0 Å². The molecule has 0 fully saturated rings. The van der Waals surface area contributed by atoms with Gasteiger partial charge in [-0.3, -0.25) is 43.5 Å². The highest BCUT2D eigenvalue weighted by Crippen LogP contribution is 2.19. The Hall–Kier alpha value is -8.09. The number of nitrogens with zero attached hydrogens (tertiary/aromatic N) is 2. The molecule has 2 aromatic carbocycles. The minimum Gasteiger partial charge on any atom is -0.480 e. The van der Waals surface area contributed by atoms with Gasteiger partial charge in [-0.15, -0.1) is 0 Å². The maximum atomic E-state index is 14.2. The molecule has 3 rings (SSSR count). The van der Waals surface area contributed by atoms with Crippen molar-refractivity contribution in [2.45, 2.75) is 107 Å². The highest BCUT2D eigenvalue weighted by Gasteiger charge is 2.31. The highest BCUT2D eigenvalue weighted by atomic mass is 16.4. The van der Waals surface area contributed by atoms with Gasteiger partial charge in [0.25, 0.3) is 0 Å². The van der Waals surface area contributed by atoms with Gasteiger partial charge in [0.1, 0.15) is 30.5 Å². The molecule has 73 heavy (non-hydrogen) atoms. The van der Waals surface area contributed by atoms with E-state index >= 15 is 0 Å². The lowest BCUT2D eigenvalue weighted by Crippen LogP contribution is -2.58. The van der Waals surface area contributed by atoms with Crippen LogP contribution in [0.3, 0.4) is 0 Å². The number of fused-ring (bicyclic) bond motifs is 1. The van der Waals surface area contributed by atoms with Crippen LogP contribution < -0.4 is 65.1 Å². The van der Waals surface area contributed by atoms with Gasteiger partial charge < -0.3 is 79.9 Å².